The molecule has 1 aromatic carbocycles. The van der Waals surface area contributed by atoms with E-state index in [0.717, 1.165) is 19.1 Å². The molecule has 74 valence electrons. The zero-order valence-corrected chi connectivity index (χ0v) is 8.66. The molecular weight excluding hydrogens is 174 g/mol. The second-order valence-corrected chi connectivity index (χ2v) is 4.06. The van der Waals surface area contributed by atoms with Gasteiger partial charge in [-0.1, -0.05) is 6.07 Å². The van der Waals surface area contributed by atoms with Crippen molar-refractivity contribution in [3.05, 3.63) is 29.3 Å². The monoisotopic (exact) mass is 189 g/mol. The standard InChI is InChI=1S/C12H15NO/c1-13(2)11-6-5-9-3-4-10(8-14)12(9)7-11/h5-8,10H,3-4H2,1-2H3. The highest BCUT2D eigenvalue weighted by molar-refractivity contribution is 5.67. The van der Waals surface area contributed by atoms with Crippen molar-refractivity contribution in [2.45, 2.75) is 18.8 Å². The summed E-state index contributed by atoms with van der Waals surface area (Å²) in [6, 6.07) is 6.40. The number of aldehydes is 1. The van der Waals surface area contributed by atoms with Crippen LogP contribution in [0.5, 0.6) is 0 Å². The first-order valence-electron chi connectivity index (χ1n) is 4.98. The van der Waals surface area contributed by atoms with E-state index in [2.05, 4.69) is 23.1 Å². The first-order valence-corrected chi connectivity index (χ1v) is 4.98. The molecule has 0 spiro atoms. The summed E-state index contributed by atoms with van der Waals surface area (Å²) < 4.78 is 0. The molecule has 1 aromatic rings. The van der Waals surface area contributed by atoms with Crippen LogP contribution in [-0.2, 0) is 11.2 Å². The van der Waals surface area contributed by atoms with E-state index in [0.29, 0.717) is 0 Å². The summed E-state index contributed by atoms with van der Waals surface area (Å²) in [5.74, 6) is 0.130. The first kappa shape index (κ1) is 9.25. The predicted octanol–water partition coefficient (Wildman–Crippen LogP) is 1.98. The molecule has 2 nitrogen and oxygen atoms in total. The lowest BCUT2D eigenvalue weighted by Crippen LogP contribution is -2.09. The number of carbonyl (C=O) groups excluding carboxylic acids is 1. The van der Waals surface area contributed by atoms with Gasteiger partial charge in [0.15, 0.2) is 0 Å². The maximum atomic E-state index is 10.8. The molecule has 14 heavy (non-hydrogen) atoms. The van der Waals surface area contributed by atoms with Crippen LogP contribution >= 0.6 is 0 Å². The lowest BCUT2D eigenvalue weighted by Gasteiger charge is -2.14. The van der Waals surface area contributed by atoms with Crippen LogP contribution in [0, 0.1) is 0 Å². The number of nitrogens with zero attached hydrogens (tertiary/aromatic N) is 1. The minimum Gasteiger partial charge on any atom is -0.378 e. The molecule has 0 saturated heterocycles. The molecule has 2 heteroatoms. The zero-order valence-electron chi connectivity index (χ0n) is 8.66. The summed E-state index contributed by atoms with van der Waals surface area (Å²) in [6.45, 7) is 0. The zero-order chi connectivity index (χ0) is 10.1. The van der Waals surface area contributed by atoms with Crippen LogP contribution in [0.2, 0.25) is 0 Å². The SMILES string of the molecule is CN(C)c1ccc2c(c1)C(C=O)CC2. The van der Waals surface area contributed by atoms with Crippen molar-refractivity contribution in [1.82, 2.24) is 0 Å². The lowest BCUT2D eigenvalue weighted by molar-refractivity contribution is -0.109. The van der Waals surface area contributed by atoms with Crippen molar-refractivity contribution in [3.63, 3.8) is 0 Å². The highest BCUT2D eigenvalue weighted by Crippen LogP contribution is 2.33. The van der Waals surface area contributed by atoms with Gasteiger partial charge in [0, 0.05) is 25.7 Å². The van der Waals surface area contributed by atoms with Gasteiger partial charge in [-0.3, -0.25) is 0 Å². The normalized spacial score (nSPS) is 19.1. The van der Waals surface area contributed by atoms with Gasteiger partial charge < -0.3 is 9.69 Å². The van der Waals surface area contributed by atoms with Crippen LogP contribution in [0.4, 0.5) is 5.69 Å². The highest BCUT2D eigenvalue weighted by Gasteiger charge is 2.21. The van der Waals surface area contributed by atoms with Crippen LogP contribution in [-0.4, -0.2) is 20.4 Å². The van der Waals surface area contributed by atoms with E-state index in [1.807, 2.05) is 14.1 Å². The summed E-state index contributed by atoms with van der Waals surface area (Å²) in [7, 11) is 4.04. The van der Waals surface area contributed by atoms with Crippen molar-refractivity contribution in [3.8, 4) is 0 Å². The molecule has 1 aliphatic rings. The summed E-state index contributed by atoms with van der Waals surface area (Å²) >= 11 is 0. The van der Waals surface area contributed by atoms with E-state index >= 15 is 0 Å². The van der Waals surface area contributed by atoms with Crippen molar-refractivity contribution < 1.29 is 4.79 Å². The molecule has 0 fully saturated rings. The van der Waals surface area contributed by atoms with Crippen molar-refractivity contribution >= 4 is 12.0 Å². The maximum Gasteiger partial charge on any atom is 0.127 e. The quantitative estimate of drug-likeness (QED) is 0.663. The molecule has 0 aliphatic heterocycles. The second-order valence-electron chi connectivity index (χ2n) is 4.06. The Hall–Kier alpha value is -1.31. The molecular formula is C12H15NO. The van der Waals surface area contributed by atoms with Crippen molar-refractivity contribution in [2.24, 2.45) is 0 Å². The summed E-state index contributed by atoms with van der Waals surface area (Å²) in [5, 5.41) is 0. The number of benzene rings is 1. The Balaban J connectivity index is 2.42. The van der Waals surface area contributed by atoms with Gasteiger partial charge in [0.1, 0.15) is 6.29 Å². The summed E-state index contributed by atoms with van der Waals surface area (Å²) in [4.78, 5) is 12.9. The number of hydrogen-bond acceptors (Lipinski definition) is 2. The van der Waals surface area contributed by atoms with E-state index < -0.39 is 0 Å². The Morgan fingerprint density at radius 2 is 2.21 bits per heavy atom. The number of anilines is 1. The molecule has 0 radical (unpaired) electrons. The predicted molar refractivity (Wildman–Crippen MR) is 57.9 cm³/mol. The van der Waals surface area contributed by atoms with Gasteiger partial charge in [-0.05, 0) is 36.1 Å². The van der Waals surface area contributed by atoms with Gasteiger partial charge in [0.2, 0.25) is 0 Å². The third-order valence-electron chi connectivity index (χ3n) is 2.93. The molecule has 0 N–H and O–H groups in total. The second kappa shape index (κ2) is 3.45. The smallest absolute Gasteiger partial charge is 0.127 e. The van der Waals surface area contributed by atoms with Crippen molar-refractivity contribution in [2.75, 3.05) is 19.0 Å². The number of aryl methyl sites for hydroxylation is 1. The Kier molecular flexibility index (Phi) is 2.28. The Morgan fingerprint density at radius 3 is 2.86 bits per heavy atom. The van der Waals surface area contributed by atoms with E-state index in [1.165, 1.54) is 16.8 Å². The van der Waals surface area contributed by atoms with Gasteiger partial charge in [-0.25, -0.2) is 0 Å². The molecule has 0 heterocycles. The Bertz CT molecular complexity index is 357. The van der Waals surface area contributed by atoms with Crippen LogP contribution in [0.3, 0.4) is 0 Å². The molecule has 0 bridgehead atoms. The van der Waals surface area contributed by atoms with E-state index in [9.17, 15) is 4.79 Å². The van der Waals surface area contributed by atoms with E-state index in [1.54, 1.807) is 0 Å². The minimum absolute atomic E-state index is 0.130. The number of rotatable bonds is 2. The third kappa shape index (κ3) is 1.41. The largest absolute Gasteiger partial charge is 0.378 e. The van der Waals surface area contributed by atoms with Gasteiger partial charge in [-0.15, -0.1) is 0 Å². The average molecular weight is 189 g/mol. The third-order valence-corrected chi connectivity index (χ3v) is 2.93. The van der Waals surface area contributed by atoms with Gasteiger partial charge in [0.05, 0.1) is 0 Å². The van der Waals surface area contributed by atoms with E-state index in [4.69, 9.17) is 0 Å². The molecule has 1 unspecified atom stereocenters. The molecule has 1 aliphatic carbocycles. The van der Waals surface area contributed by atoms with E-state index in [-0.39, 0.29) is 5.92 Å². The van der Waals surface area contributed by atoms with Crippen LogP contribution in [0.25, 0.3) is 0 Å². The number of hydrogen-bond donors (Lipinski definition) is 0. The Morgan fingerprint density at radius 1 is 1.43 bits per heavy atom. The molecule has 0 saturated carbocycles. The maximum absolute atomic E-state index is 10.8. The molecule has 1 atom stereocenters. The van der Waals surface area contributed by atoms with Gasteiger partial charge in [-0.2, -0.15) is 0 Å². The average Bonchev–Trinajstić information content (AvgIpc) is 2.59. The summed E-state index contributed by atoms with van der Waals surface area (Å²) in [5.41, 5.74) is 3.75. The first-order chi connectivity index (χ1) is 6.72. The minimum atomic E-state index is 0.130. The fourth-order valence-electron chi connectivity index (χ4n) is 2.04. The highest BCUT2D eigenvalue weighted by atomic mass is 16.1. The number of fused-ring (bicyclic) bond motifs is 1. The van der Waals surface area contributed by atoms with Gasteiger partial charge in [0.25, 0.3) is 0 Å². The van der Waals surface area contributed by atoms with Crippen LogP contribution in [0.15, 0.2) is 18.2 Å². The van der Waals surface area contributed by atoms with Gasteiger partial charge >= 0.3 is 0 Å². The van der Waals surface area contributed by atoms with Crippen molar-refractivity contribution in [1.29, 1.82) is 0 Å². The topological polar surface area (TPSA) is 20.3 Å². The molecule has 0 amide bonds. The fraction of sp³-hybridized carbons (Fsp3) is 0.417. The van der Waals surface area contributed by atoms with Crippen LogP contribution in [0.1, 0.15) is 23.5 Å². The Labute approximate surface area is 84.5 Å². The number of carbonyl (C=O) groups is 1. The molecule has 0 aromatic heterocycles. The molecule has 2 rings (SSSR count). The fourth-order valence-corrected chi connectivity index (χ4v) is 2.04. The summed E-state index contributed by atoms with van der Waals surface area (Å²) in [6.07, 6.45) is 3.10. The van der Waals surface area contributed by atoms with Crippen LogP contribution < -0.4 is 4.90 Å². The lowest BCUT2D eigenvalue weighted by atomic mass is 10.0.